The van der Waals surface area contributed by atoms with Crippen molar-refractivity contribution in [2.45, 2.75) is 39.2 Å². The summed E-state index contributed by atoms with van der Waals surface area (Å²) in [6.45, 7) is 5.80. The molecule has 1 aliphatic rings. The van der Waals surface area contributed by atoms with Gasteiger partial charge in [-0.05, 0) is 44.2 Å². The number of nitrogens with zero attached hydrogens (tertiary/aromatic N) is 2. The number of hydrogen-bond acceptors (Lipinski definition) is 3. The van der Waals surface area contributed by atoms with Crippen LogP contribution in [0.1, 0.15) is 35.6 Å². The molecule has 0 spiro atoms. The summed E-state index contributed by atoms with van der Waals surface area (Å²) in [5.74, 6) is 0.502. The molecule has 1 amide bonds. The van der Waals surface area contributed by atoms with Crippen LogP contribution in [-0.2, 0) is 24.2 Å². The molecule has 0 saturated carbocycles. The zero-order valence-electron chi connectivity index (χ0n) is 10.1. The molecule has 1 aliphatic carbocycles. The minimum absolute atomic E-state index is 0.191. The van der Waals surface area contributed by atoms with E-state index in [2.05, 4.69) is 21.9 Å². The van der Waals surface area contributed by atoms with Crippen molar-refractivity contribution in [3.05, 3.63) is 35.4 Å². The average Bonchev–Trinajstić information content (AvgIpc) is 2.36. The molecule has 0 saturated heterocycles. The molecule has 1 aromatic rings. The van der Waals surface area contributed by atoms with Gasteiger partial charge in [-0.25, -0.2) is 9.97 Å². The molecule has 1 heterocycles. The molecule has 0 fully saturated rings. The molecule has 4 nitrogen and oxygen atoms in total. The fourth-order valence-electron chi connectivity index (χ4n) is 2.16. The van der Waals surface area contributed by atoms with Gasteiger partial charge >= 0.3 is 0 Å². The summed E-state index contributed by atoms with van der Waals surface area (Å²) in [6.07, 6.45) is 5.79. The lowest BCUT2D eigenvalue weighted by Gasteiger charge is -2.17. The Bertz CT molecular complexity index is 454. The molecule has 0 atom stereocenters. The van der Waals surface area contributed by atoms with Gasteiger partial charge in [0.25, 0.3) is 0 Å². The third kappa shape index (κ3) is 2.70. The van der Waals surface area contributed by atoms with Crippen molar-refractivity contribution in [2.75, 3.05) is 0 Å². The highest BCUT2D eigenvalue weighted by Crippen LogP contribution is 2.21. The maximum atomic E-state index is 11.1. The molecule has 0 aromatic carbocycles. The van der Waals surface area contributed by atoms with Crippen LogP contribution < -0.4 is 5.32 Å². The van der Waals surface area contributed by atoms with Gasteiger partial charge in [0, 0.05) is 11.4 Å². The molecule has 0 aliphatic heterocycles. The Morgan fingerprint density at radius 3 is 2.94 bits per heavy atom. The second kappa shape index (κ2) is 5.08. The third-order valence-corrected chi connectivity index (χ3v) is 3.04. The molecule has 2 rings (SSSR count). The van der Waals surface area contributed by atoms with Crippen LogP contribution >= 0.6 is 0 Å². The van der Waals surface area contributed by atoms with Crippen molar-refractivity contribution < 1.29 is 4.79 Å². The minimum Gasteiger partial charge on any atom is -0.345 e. The van der Waals surface area contributed by atoms with E-state index in [1.165, 1.54) is 24.5 Å². The maximum absolute atomic E-state index is 11.1. The lowest BCUT2D eigenvalue weighted by molar-refractivity contribution is -0.116. The number of aromatic nitrogens is 2. The minimum atomic E-state index is -0.191. The van der Waals surface area contributed by atoms with Crippen molar-refractivity contribution in [2.24, 2.45) is 0 Å². The second-order valence-corrected chi connectivity index (χ2v) is 4.28. The molecule has 1 aromatic heterocycles. The van der Waals surface area contributed by atoms with Gasteiger partial charge in [-0.15, -0.1) is 0 Å². The van der Waals surface area contributed by atoms with Gasteiger partial charge in [-0.1, -0.05) is 6.58 Å². The maximum Gasteiger partial charge on any atom is 0.243 e. The fourth-order valence-corrected chi connectivity index (χ4v) is 2.16. The monoisotopic (exact) mass is 231 g/mol. The number of amides is 1. The van der Waals surface area contributed by atoms with Crippen LogP contribution in [0, 0.1) is 6.92 Å². The molecular formula is C13H17N3O. The summed E-state index contributed by atoms with van der Waals surface area (Å²) in [7, 11) is 0. The number of carbonyl (C=O) groups excluding carboxylic acids is 1. The molecule has 0 unspecified atom stereocenters. The molecular weight excluding hydrogens is 214 g/mol. The first-order chi connectivity index (χ1) is 8.20. The lowest BCUT2D eigenvalue weighted by Crippen LogP contribution is -2.23. The van der Waals surface area contributed by atoms with Crippen LogP contribution in [0.4, 0.5) is 0 Å². The molecule has 0 radical (unpaired) electrons. The highest BCUT2D eigenvalue weighted by atomic mass is 16.1. The first kappa shape index (κ1) is 11.8. The van der Waals surface area contributed by atoms with Gasteiger partial charge in [0.2, 0.25) is 5.91 Å². The number of rotatable bonds is 3. The van der Waals surface area contributed by atoms with Crippen molar-refractivity contribution in [3.63, 3.8) is 0 Å². The second-order valence-electron chi connectivity index (χ2n) is 4.28. The summed E-state index contributed by atoms with van der Waals surface area (Å²) in [4.78, 5) is 20.0. The van der Waals surface area contributed by atoms with Crippen LogP contribution in [0.5, 0.6) is 0 Å². The number of hydrogen-bond donors (Lipinski definition) is 1. The van der Waals surface area contributed by atoms with E-state index in [-0.39, 0.29) is 5.91 Å². The molecule has 4 heteroatoms. The number of fused-ring (bicyclic) bond motifs is 1. The van der Waals surface area contributed by atoms with Crippen molar-refractivity contribution >= 4 is 5.91 Å². The molecule has 0 bridgehead atoms. The predicted octanol–water partition coefficient (Wildman–Crippen LogP) is 1.47. The van der Waals surface area contributed by atoms with Crippen LogP contribution in [-0.4, -0.2) is 15.9 Å². The Hall–Kier alpha value is -1.71. The topological polar surface area (TPSA) is 54.9 Å². The Kier molecular flexibility index (Phi) is 3.52. The predicted molar refractivity (Wildman–Crippen MR) is 65.5 cm³/mol. The highest BCUT2D eigenvalue weighted by Gasteiger charge is 2.15. The van der Waals surface area contributed by atoms with Crippen LogP contribution in [0.15, 0.2) is 12.7 Å². The summed E-state index contributed by atoms with van der Waals surface area (Å²) in [6, 6.07) is 0. The Labute approximate surface area is 101 Å². The van der Waals surface area contributed by atoms with Crippen molar-refractivity contribution in [1.82, 2.24) is 15.3 Å². The van der Waals surface area contributed by atoms with E-state index in [0.717, 1.165) is 24.2 Å². The van der Waals surface area contributed by atoms with E-state index >= 15 is 0 Å². The SMILES string of the molecule is C=CC(=O)NCc1nc(C)c2c(n1)CCCC2. The van der Waals surface area contributed by atoms with E-state index in [1.807, 2.05) is 6.92 Å². The highest BCUT2D eigenvalue weighted by molar-refractivity contribution is 5.86. The molecule has 17 heavy (non-hydrogen) atoms. The Morgan fingerprint density at radius 1 is 1.41 bits per heavy atom. The van der Waals surface area contributed by atoms with Crippen molar-refractivity contribution in [1.29, 1.82) is 0 Å². The number of carbonyl (C=O) groups is 1. The van der Waals surface area contributed by atoms with Gasteiger partial charge in [0.15, 0.2) is 0 Å². The smallest absolute Gasteiger partial charge is 0.243 e. The quantitative estimate of drug-likeness (QED) is 0.801. The zero-order valence-corrected chi connectivity index (χ0v) is 10.1. The first-order valence-corrected chi connectivity index (χ1v) is 5.96. The summed E-state index contributed by atoms with van der Waals surface area (Å²) in [5.41, 5.74) is 3.51. The van der Waals surface area contributed by atoms with E-state index in [9.17, 15) is 4.79 Å². The normalized spacial score (nSPS) is 13.9. The fraction of sp³-hybridized carbons (Fsp3) is 0.462. The summed E-state index contributed by atoms with van der Waals surface area (Å²) >= 11 is 0. The summed E-state index contributed by atoms with van der Waals surface area (Å²) < 4.78 is 0. The summed E-state index contributed by atoms with van der Waals surface area (Å²) in [5, 5.41) is 2.70. The van der Waals surface area contributed by atoms with Crippen LogP contribution in [0.25, 0.3) is 0 Å². The van der Waals surface area contributed by atoms with Gasteiger partial charge in [0.1, 0.15) is 5.82 Å². The van der Waals surface area contributed by atoms with E-state index in [4.69, 9.17) is 0 Å². The Balaban J connectivity index is 2.16. The van der Waals surface area contributed by atoms with E-state index in [0.29, 0.717) is 12.4 Å². The van der Waals surface area contributed by atoms with E-state index in [1.54, 1.807) is 0 Å². The average molecular weight is 231 g/mol. The number of nitrogens with one attached hydrogen (secondary N) is 1. The third-order valence-electron chi connectivity index (χ3n) is 3.04. The van der Waals surface area contributed by atoms with Gasteiger partial charge in [-0.3, -0.25) is 4.79 Å². The van der Waals surface area contributed by atoms with Crippen molar-refractivity contribution in [3.8, 4) is 0 Å². The van der Waals surface area contributed by atoms with Gasteiger partial charge in [0.05, 0.1) is 6.54 Å². The largest absolute Gasteiger partial charge is 0.345 e. The standard InChI is InChI=1S/C13H17N3O/c1-3-13(17)14-8-12-15-9(2)10-6-4-5-7-11(10)16-12/h3H,1,4-8H2,2H3,(H,14,17). The lowest BCUT2D eigenvalue weighted by atomic mass is 9.95. The molecule has 1 N–H and O–H groups in total. The first-order valence-electron chi connectivity index (χ1n) is 5.96. The van der Waals surface area contributed by atoms with E-state index < -0.39 is 0 Å². The van der Waals surface area contributed by atoms with Gasteiger partial charge in [-0.2, -0.15) is 0 Å². The Morgan fingerprint density at radius 2 is 2.18 bits per heavy atom. The number of aryl methyl sites for hydroxylation is 2. The van der Waals surface area contributed by atoms with Crippen LogP contribution in [0.2, 0.25) is 0 Å². The van der Waals surface area contributed by atoms with Gasteiger partial charge < -0.3 is 5.32 Å². The zero-order chi connectivity index (χ0) is 12.3. The molecule has 90 valence electrons. The van der Waals surface area contributed by atoms with Crippen LogP contribution in [0.3, 0.4) is 0 Å².